The van der Waals surface area contributed by atoms with E-state index < -0.39 is 41.8 Å². The van der Waals surface area contributed by atoms with Gasteiger partial charge in [0.25, 0.3) is 5.56 Å². The Bertz CT molecular complexity index is 680. The summed E-state index contributed by atoms with van der Waals surface area (Å²) in [6.07, 6.45) is -2.30. The minimum Gasteiger partial charge on any atom is -0.393 e. The van der Waals surface area contributed by atoms with Crippen molar-refractivity contribution in [3.8, 4) is 0 Å². The number of H-pyrrole nitrogens is 1. The summed E-state index contributed by atoms with van der Waals surface area (Å²) in [4.78, 5) is 35.0. The molecule has 0 bridgehead atoms. The van der Waals surface area contributed by atoms with Gasteiger partial charge < -0.3 is 15.2 Å². The second-order valence-electron chi connectivity index (χ2n) is 3.83. The first kappa shape index (κ1) is 14.1. The van der Waals surface area contributed by atoms with Gasteiger partial charge in [0.1, 0.15) is 11.8 Å². The molecule has 0 unspecified atom stereocenters. The molecule has 0 aromatic carbocycles. The van der Waals surface area contributed by atoms with Gasteiger partial charge in [-0.15, -0.1) is 0 Å². The van der Waals surface area contributed by atoms with Crippen molar-refractivity contribution in [3.63, 3.8) is 0 Å². The molecule has 2 heterocycles. The number of hydrogen-bond donors (Lipinski definition) is 3. The van der Waals surface area contributed by atoms with E-state index in [0.717, 1.165) is 6.20 Å². The zero-order chi connectivity index (χ0) is 14.9. The molecule has 108 valence electrons. The number of halogens is 2. The van der Waals surface area contributed by atoms with Gasteiger partial charge in [-0.25, -0.2) is 13.6 Å². The summed E-state index contributed by atoms with van der Waals surface area (Å²) in [7, 11) is 0. The zero-order valence-electron chi connectivity index (χ0n) is 9.80. The summed E-state index contributed by atoms with van der Waals surface area (Å²) in [6, 6.07) is 0. The summed E-state index contributed by atoms with van der Waals surface area (Å²) >= 11 is 0. The highest BCUT2D eigenvalue weighted by Crippen LogP contribution is 2.35. The first-order valence-electron chi connectivity index (χ1n) is 5.36. The number of amides is 1. The SMILES string of the molecule is O=CNc1cn([C@H]2O[C@@H](CO)C(F)=C2F)c(=O)[nH]c1=O. The van der Waals surface area contributed by atoms with Crippen LogP contribution in [0.15, 0.2) is 27.4 Å². The lowest BCUT2D eigenvalue weighted by atomic mass is 10.3. The van der Waals surface area contributed by atoms with Crippen LogP contribution in [0.3, 0.4) is 0 Å². The van der Waals surface area contributed by atoms with E-state index in [1.54, 1.807) is 0 Å². The number of aliphatic hydroxyl groups excluding tert-OH is 1. The second-order valence-corrected chi connectivity index (χ2v) is 3.83. The average Bonchev–Trinajstić information content (AvgIpc) is 2.70. The average molecular weight is 289 g/mol. The lowest BCUT2D eigenvalue weighted by Gasteiger charge is -2.15. The third-order valence-electron chi connectivity index (χ3n) is 2.62. The van der Waals surface area contributed by atoms with Crippen molar-refractivity contribution in [2.45, 2.75) is 12.3 Å². The molecule has 1 amide bonds. The summed E-state index contributed by atoms with van der Waals surface area (Å²) < 4.78 is 32.3. The van der Waals surface area contributed by atoms with E-state index in [4.69, 9.17) is 9.84 Å². The Balaban J connectivity index is 2.49. The number of hydrogen-bond acceptors (Lipinski definition) is 5. The Kier molecular flexibility index (Phi) is 3.77. The molecule has 0 saturated heterocycles. The van der Waals surface area contributed by atoms with Crippen molar-refractivity contribution in [2.24, 2.45) is 0 Å². The smallest absolute Gasteiger partial charge is 0.330 e. The highest BCUT2D eigenvalue weighted by Gasteiger charge is 2.37. The first-order valence-corrected chi connectivity index (χ1v) is 5.36. The van der Waals surface area contributed by atoms with Gasteiger partial charge in [0.05, 0.1) is 6.61 Å². The largest absolute Gasteiger partial charge is 0.393 e. The number of carbonyl (C=O) groups is 1. The molecule has 0 aliphatic carbocycles. The standard InChI is InChI=1S/C10H9F2N3O5/c11-6-5(2-16)20-9(7(6)12)15-1-4(13-3-17)8(18)14-10(15)19/h1,3,5,9,16H,2H2,(H,13,17)(H,14,18,19)/t5-,9-/m0/s1. The van der Waals surface area contributed by atoms with Gasteiger partial charge in [-0.05, 0) is 0 Å². The van der Waals surface area contributed by atoms with Crippen molar-refractivity contribution >= 4 is 12.1 Å². The molecule has 0 fully saturated rings. The number of aliphatic hydroxyl groups is 1. The lowest BCUT2D eigenvalue weighted by molar-refractivity contribution is -0.105. The van der Waals surface area contributed by atoms with Crippen LogP contribution in [0.4, 0.5) is 14.5 Å². The normalized spacial score (nSPS) is 22.1. The molecule has 1 aromatic heterocycles. The van der Waals surface area contributed by atoms with Gasteiger partial charge in [0, 0.05) is 6.20 Å². The molecule has 1 aromatic rings. The van der Waals surface area contributed by atoms with Gasteiger partial charge in [0.15, 0.2) is 17.9 Å². The maximum Gasteiger partial charge on any atom is 0.330 e. The van der Waals surface area contributed by atoms with Crippen LogP contribution in [0, 0.1) is 0 Å². The molecule has 0 radical (unpaired) electrons. The van der Waals surface area contributed by atoms with Gasteiger partial charge in [0.2, 0.25) is 6.41 Å². The number of anilines is 1. The van der Waals surface area contributed by atoms with Crippen molar-refractivity contribution in [3.05, 3.63) is 38.7 Å². The fourth-order valence-corrected chi connectivity index (χ4v) is 1.68. The molecule has 10 heteroatoms. The maximum absolute atomic E-state index is 13.6. The fraction of sp³-hybridized carbons (Fsp3) is 0.300. The first-order chi connectivity index (χ1) is 9.49. The number of nitrogens with one attached hydrogen (secondary N) is 2. The van der Waals surface area contributed by atoms with Crippen LogP contribution in [0.5, 0.6) is 0 Å². The van der Waals surface area contributed by atoms with Crippen molar-refractivity contribution < 1.29 is 23.4 Å². The third-order valence-corrected chi connectivity index (χ3v) is 2.62. The fourth-order valence-electron chi connectivity index (χ4n) is 1.68. The molecule has 2 atom stereocenters. The number of carbonyl (C=O) groups excluding carboxylic acids is 1. The van der Waals surface area contributed by atoms with Crippen molar-refractivity contribution in [2.75, 3.05) is 11.9 Å². The van der Waals surface area contributed by atoms with Crippen LogP contribution in [-0.4, -0.2) is 33.8 Å². The Morgan fingerprint density at radius 3 is 2.70 bits per heavy atom. The molecular formula is C10H9F2N3O5. The predicted molar refractivity (Wildman–Crippen MR) is 61.2 cm³/mol. The Labute approximate surface area is 109 Å². The van der Waals surface area contributed by atoms with E-state index in [0.29, 0.717) is 4.57 Å². The molecular weight excluding hydrogens is 280 g/mol. The van der Waals surface area contributed by atoms with Crippen molar-refractivity contribution in [1.29, 1.82) is 0 Å². The van der Waals surface area contributed by atoms with E-state index in [1.165, 1.54) is 0 Å². The highest BCUT2D eigenvalue weighted by atomic mass is 19.2. The predicted octanol–water partition coefficient (Wildman–Crippen LogP) is -0.855. The number of aromatic nitrogens is 2. The Morgan fingerprint density at radius 1 is 1.45 bits per heavy atom. The molecule has 3 N–H and O–H groups in total. The molecule has 20 heavy (non-hydrogen) atoms. The van der Waals surface area contributed by atoms with E-state index in [9.17, 15) is 23.2 Å². The quantitative estimate of drug-likeness (QED) is 0.624. The minimum absolute atomic E-state index is 0.179. The van der Waals surface area contributed by atoms with Gasteiger partial charge in [-0.2, -0.15) is 0 Å². The van der Waals surface area contributed by atoms with Crippen LogP contribution in [0.1, 0.15) is 6.23 Å². The van der Waals surface area contributed by atoms with Crippen LogP contribution < -0.4 is 16.6 Å². The maximum atomic E-state index is 13.6. The Morgan fingerprint density at radius 2 is 2.15 bits per heavy atom. The third kappa shape index (κ3) is 2.26. The van der Waals surface area contributed by atoms with Crippen LogP contribution in [0.25, 0.3) is 0 Å². The molecule has 1 aliphatic heterocycles. The van der Waals surface area contributed by atoms with E-state index >= 15 is 0 Å². The Hall–Kier alpha value is -2.33. The van der Waals surface area contributed by atoms with E-state index in [-0.39, 0.29) is 12.1 Å². The van der Waals surface area contributed by atoms with Crippen LogP contribution in [-0.2, 0) is 9.53 Å². The summed E-state index contributed by atoms with van der Waals surface area (Å²) in [5.41, 5.74) is -2.30. The summed E-state index contributed by atoms with van der Waals surface area (Å²) in [5.74, 6) is -2.73. The topological polar surface area (TPSA) is 113 Å². The van der Waals surface area contributed by atoms with Gasteiger partial charge in [-0.3, -0.25) is 19.1 Å². The summed E-state index contributed by atoms with van der Waals surface area (Å²) in [6.45, 7) is -0.812. The minimum atomic E-state index is -1.76. The molecule has 8 nitrogen and oxygen atoms in total. The summed E-state index contributed by atoms with van der Waals surface area (Å²) in [5, 5.41) is 10.8. The zero-order valence-corrected chi connectivity index (χ0v) is 9.80. The van der Waals surface area contributed by atoms with Crippen LogP contribution in [0.2, 0.25) is 0 Å². The van der Waals surface area contributed by atoms with Crippen molar-refractivity contribution in [1.82, 2.24) is 9.55 Å². The van der Waals surface area contributed by atoms with E-state index in [2.05, 4.69) is 0 Å². The monoisotopic (exact) mass is 289 g/mol. The molecule has 2 rings (SSSR count). The van der Waals surface area contributed by atoms with E-state index in [1.807, 2.05) is 10.3 Å². The highest BCUT2D eigenvalue weighted by molar-refractivity contribution is 5.69. The number of ether oxygens (including phenoxy) is 1. The van der Waals surface area contributed by atoms with Gasteiger partial charge >= 0.3 is 5.69 Å². The molecule has 1 aliphatic rings. The van der Waals surface area contributed by atoms with Gasteiger partial charge in [-0.1, -0.05) is 0 Å². The molecule has 0 saturated carbocycles. The second kappa shape index (κ2) is 5.35. The molecule has 0 spiro atoms. The number of rotatable bonds is 4. The number of nitrogens with zero attached hydrogens (tertiary/aromatic N) is 1. The van der Waals surface area contributed by atoms with Crippen LogP contribution >= 0.6 is 0 Å². The lowest BCUT2D eigenvalue weighted by Crippen LogP contribution is -2.34. The number of aromatic amines is 1.